The third-order valence-electron chi connectivity index (χ3n) is 3.91. The second-order valence-corrected chi connectivity index (χ2v) is 5.69. The molecule has 0 fully saturated rings. The molecule has 27 heavy (non-hydrogen) atoms. The molecule has 0 aromatic heterocycles. The molecule has 0 aliphatic rings. The van der Waals surface area contributed by atoms with Crippen LogP contribution in [-0.2, 0) is 19.1 Å². The first-order valence-corrected chi connectivity index (χ1v) is 8.49. The molecule has 0 bridgehead atoms. The van der Waals surface area contributed by atoms with Crippen molar-refractivity contribution in [2.24, 2.45) is 5.41 Å². The van der Waals surface area contributed by atoms with Crippen molar-refractivity contribution in [1.29, 1.82) is 0 Å². The average Bonchev–Trinajstić information content (AvgIpc) is 2.61. The zero-order valence-corrected chi connectivity index (χ0v) is 15.3. The molecule has 1 aromatic rings. The van der Waals surface area contributed by atoms with Crippen molar-refractivity contribution in [2.75, 3.05) is 13.2 Å². The van der Waals surface area contributed by atoms with Crippen molar-refractivity contribution in [3.8, 4) is 0 Å². The van der Waals surface area contributed by atoms with Gasteiger partial charge in [-0.25, -0.2) is 0 Å². The van der Waals surface area contributed by atoms with Crippen LogP contribution in [0.1, 0.15) is 31.7 Å². The Morgan fingerprint density at radius 2 is 1.59 bits per heavy atom. The Kier molecular flexibility index (Phi) is 8.28. The summed E-state index contributed by atoms with van der Waals surface area (Å²) in [5, 5.41) is 0. The Morgan fingerprint density at radius 3 is 2.00 bits per heavy atom. The van der Waals surface area contributed by atoms with Crippen LogP contribution in [0.2, 0.25) is 0 Å². The Bertz CT molecular complexity index is 648. The monoisotopic (exact) mass is 384 g/mol. The number of benzene rings is 1. The van der Waals surface area contributed by atoms with Gasteiger partial charge in [-0.1, -0.05) is 42.5 Å². The molecule has 0 unspecified atom stereocenters. The molecule has 0 saturated heterocycles. The lowest BCUT2D eigenvalue weighted by molar-refractivity contribution is -0.173. The molecule has 0 saturated carbocycles. The summed E-state index contributed by atoms with van der Waals surface area (Å²) in [6.45, 7) is 6.57. The van der Waals surface area contributed by atoms with Crippen LogP contribution in [0.3, 0.4) is 0 Å². The summed E-state index contributed by atoms with van der Waals surface area (Å²) in [6, 6.07) is 7.98. The lowest BCUT2D eigenvalue weighted by Gasteiger charge is -2.34. The summed E-state index contributed by atoms with van der Waals surface area (Å²) in [7, 11) is 0. The molecular formula is C20H23F3O4. The Hall–Kier alpha value is -2.57. The number of allylic oxidation sites excluding steroid dienone is 3. The van der Waals surface area contributed by atoms with E-state index < -0.39 is 29.4 Å². The summed E-state index contributed by atoms with van der Waals surface area (Å²) >= 11 is 0. The summed E-state index contributed by atoms with van der Waals surface area (Å²) < 4.78 is 48.7. The van der Waals surface area contributed by atoms with Gasteiger partial charge in [-0.05, 0) is 25.8 Å². The molecule has 0 amide bonds. The van der Waals surface area contributed by atoms with Crippen LogP contribution in [0, 0.1) is 5.41 Å². The minimum Gasteiger partial charge on any atom is -0.465 e. The molecule has 1 aromatic carbocycles. The highest BCUT2D eigenvalue weighted by Crippen LogP contribution is 2.44. The van der Waals surface area contributed by atoms with Crippen molar-refractivity contribution in [3.05, 3.63) is 60.7 Å². The summed E-state index contributed by atoms with van der Waals surface area (Å²) in [5.74, 6) is -3.16. The fourth-order valence-electron chi connectivity index (χ4n) is 2.80. The topological polar surface area (TPSA) is 52.6 Å². The fourth-order valence-corrected chi connectivity index (χ4v) is 2.80. The van der Waals surface area contributed by atoms with Crippen LogP contribution in [0.4, 0.5) is 13.2 Å². The van der Waals surface area contributed by atoms with Gasteiger partial charge in [0.25, 0.3) is 0 Å². The van der Waals surface area contributed by atoms with E-state index in [1.165, 1.54) is 6.08 Å². The highest BCUT2D eigenvalue weighted by Gasteiger charge is 2.54. The lowest BCUT2D eigenvalue weighted by Crippen LogP contribution is -2.46. The molecule has 7 heteroatoms. The van der Waals surface area contributed by atoms with Crippen molar-refractivity contribution in [1.82, 2.24) is 0 Å². The maximum atomic E-state index is 12.9. The lowest BCUT2D eigenvalue weighted by atomic mass is 9.69. The van der Waals surface area contributed by atoms with E-state index >= 15 is 0 Å². The minimum absolute atomic E-state index is 0.0148. The standard InChI is InChI=1S/C20H23F3O4/c1-4-13-19(17(24)26-5-2,18(25)27-6-3)16(12-14-20(21,22)23)15-10-8-7-9-11-15/h4,7-12,14,16H,1,5-6,13H2,2-3H3/b14-12+/t16-/m0/s1. The number of rotatable bonds is 9. The Labute approximate surface area is 156 Å². The summed E-state index contributed by atoms with van der Waals surface area (Å²) in [6.07, 6.45) is -2.75. The van der Waals surface area contributed by atoms with E-state index in [1.54, 1.807) is 44.2 Å². The molecule has 0 aliphatic carbocycles. The minimum atomic E-state index is -4.61. The van der Waals surface area contributed by atoms with Gasteiger partial charge in [-0.15, -0.1) is 6.58 Å². The van der Waals surface area contributed by atoms with Gasteiger partial charge in [0.05, 0.1) is 13.2 Å². The van der Waals surface area contributed by atoms with E-state index in [-0.39, 0.29) is 25.7 Å². The molecule has 0 radical (unpaired) electrons. The smallest absolute Gasteiger partial charge is 0.409 e. The normalized spacial score (nSPS) is 13.2. The number of esters is 2. The Morgan fingerprint density at radius 1 is 1.07 bits per heavy atom. The second kappa shape index (κ2) is 9.94. The van der Waals surface area contributed by atoms with Gasteiger partial charge in [0, 0.05) is 12.0 Å². The quantitative estimate of drug-likeness (QED) is 0.355. The number of alkyl halides is 3. The largest absolute Gasteiger partial charge is 0.465 e. The van der Waals surface area contributed by atoms with Gasteiger partial charge in [0.2, 0.25) is 0 Å². The zero-order valence-electron chi connectivity index (χ0n) is 15.3. The molecule has 148 valence electrons. The summed E-state index contributed by atoms with van der Waals surface area (Å²) in [5.41, 5.74) is -1.67. The van der Waals surface area contributed by atoms with Gasteiger partial charge >= 0.3 is 18.1 Å². The van der Waals surface area contributed by atoms with E-state index in [0.717, 1.165) is 6.08 Å². The van der Waals surface area contributed by atoms with E-state index in [1.807, 2.05) is 0 Å². The van der Waals surface area contributed by atoms with Crippen molar-refractivity contribution < 1.29 is 32.2 Å². The third-order valence-corrected chi connectivity index (χ3v) is 3.91. The molecule has 1 rings (SSSR count). The average molecular weight is 384 g/mol. The van der Waals surface area contributed by atoms with Gasteiger partial charge in [0.15, 0.2) is 5.41 Å². The van der Waals surface area contributed by atoms with Crippen molar-refractivity contribution in [2.45, 2.75) is 32.4 Å². The van der Waals surface area contributed by atoms with Gasteiger partial charge in [-0.3, -0.25) is 9.59 Å². The molecule has 0 N–H and O–H groups in total. The first-order chi connectivity index (χ1) is 12.7. The Balaban J connectivity index is 3.69. The molecule has 0 aliphatic heterocycles. The second-order valence-electron chi connectivity index (χ2n) is 5.69. The summed E-state index contributed by atoms with van der Waals surface area (Å²) in [4.78, 5) is 25.6. The van der Waals surface area contributed by atoms with Gasteiger partial charge in [0.1, 0.15) is 0 Å². The predicted octanol–water partition coefficient (Wildman–Crippen LogP) is 4.58. The molecule has 0 heterocycles. The first-order valence-electron chi connectivity index (χ1n) is 8.49. The molecular weight excluding hydrogens is 361 g/mol. The van der Waals surface area contributed by atoms with Crippen LogP contribution in [0.15, 0.2) is 55.1 Å². The number of carbonyl (C=O) groups is 2. The predicted molar refractivity (Wildman–Crippen MR) is 94.9 cm³/mol. The van der Waals surface area contributed by atoms with E-state index in [4.69, 9.17) is 9.47 Å². The zero-order chi connectivity index (χ0) is 20.5. The third kappa shape index (κ3) is 5.70. The molecule has 1 atom stereocenters. The number of hydrogen-bond acceptors (Lipinski definition) is 4. The van der Waals surface area contributed by atoms with Crippen LogP contribution in [-0.4, -0.2) is 31.3 Å². The SMILES string of the molecule is C=CCC(C(=O)OCC)(C(=O)OCC)[C@@H](/C=C/C(F)(F)F)c1ccccc1. The van der Waals surface area contributed by atoms with Gasteiger partial charge in [-0.2, -0.15) is 13.2 Å². The molecule has 4 nitrogen and oxygen atoms in total. The first kappa shape index (κ1) is 22.5. The van der Waals surface area contributed by atoms with Crippen LogP contribution in [0.5, 0.6) is 0 Å². The van der Waals surface area contributed by atoms with Crippen LogP contribution in [0.25, 0.3) is 0 Å². The highest BCUT2D eigenvalue weighted by atomic mass is 19.4. The van der Waals surface area contributed by atoms with E-state index in [9.17, 15) is 22.8 Å². The van der Waals surface area contributed by atoms with E-state index in [0.29, 0.717) is 5.56 Å². The highest BCUT2D eigenvalue weighted by molar-refractivity contribution is 6.02. The molecule has 0 spiro atoms. The van der Waals surface area contributed by atoms with Crippen molar-refractivity contribution in [3.63, 3.8) is 0 Å². The maximum Gasteiger partial charge on any atom is 0.409 e. The maximum absolute atomic E-state index is 12.9. The van der Waals surface area contributed by atoms with Crippen LogP contribution >= 0.6 is 0 Å². The number of halogens is 3. The van der Waals surface area contributed by atoms with Crippen molar-refractivity contribution >= 4 is 11.9 Å². The van der Waals surface area contributed by atoms with Gasteiger partial charge < -0.3 is 9.47 Å². The van der Waals surface area contributed by atoms with Crippen LogP contribution < -0.4 is 0 Å². The number of hydrogen-bond donors (Lipinski definition) is 0. The van der Waals surface area contributed by atoms with E-state index in [2.05, 4.69) is 6.58 Å². The number of ether oxygens (including phenoxy) is 2. The number of carbonyl (C=O) groups excluding carboxylic acids is 2. The fraction of sp³-hybridized carbons (Fsp3) is 0.400.